The predicted octanol–water partition coefficient (Wildman–Crippen LogP) is 2.56. The first-order valence-corrected chi connectivity index (χ1v) is 7.39. The molecule has 1 aliphatic heterocycles. The largest absolute Gasteiger partial charge is 0.481 e. The van der Waals surface area contributed by atoms with Gasteiger partial charge in [-0.3, -0.25) is 9.59 Å². The lowest BCUT2D eigenvalue weighted by Crippen LogP contribution is -2.45. The number of carbonyl (C=O) groups excluding carboxylic acids is 1. The van der Waals surface area contributed by atoms with Crippen LogP contribution in [-0.2, 0) is 16.0 Å². The molecule has 0 aromatic heterocycles. The van der Waals surface area contributed by atoms with E-state index in [4.69, 9.17) is 0 Å². The van der Waals surface area contributed by atoms with Gasteiger partial charge in [0.05, 0.1) is 11.8 Å². The Hall–Kier alpha value is -1.84. The minimum Gasteiger partial charge on any atom is -0.481 e. The van der Waals surface area contributed by atoms with Crippen molar-refractivity contribution in [1.82, 2.24) is 4.90 Å². The Labute approximate surface area is 125 Å². The number of amides is 1. The van der Waals surface area contributed by atoms with Crippen LogP contribution in [0.3, 0.4) is 0 Å². The monoisotopic (exact) mass is 289 g/mol. The van der Waals surface area contributed by atoms with E-state index in [1.807, 2.05) is 19.1 Å². The molecular formula is C17H23NO3. The maximum Gasteiger partial charge on any atom is 0.309 e. The Morgan fingerprint density at radius 2 is 1.81 bits per heavy atom. The van der Waals surface area contributed by atoms with E-state index in [1.165, 1.54) is 11.1 Å². The molecule has 4 heteroatoms. The number of carboxylic acids is 1. The fourth-order valence-electron chi connectivity index (χ4n) is 2.66. The van der Waals surface area contributed by atoms with E-state index in [2.05, 4.69) is 13.0 Å². The van der Waals surface area contributed by atoms with Gasteiger partial charge in [-0.15, -0.1) is 0 Å². The van der Waals surface area contributed by atoms with Gasteiger partial charge in [-0.1, -0.05) is 18.2 Å². The quantitative estimate of drug-likeness (QED) is 0.930. The van der Waals surface area contributed by atoms with E-state index in [0.717, 1.165) is 5.56 Å². The van der Waals surface area contributed by atoms with Crippen molar-refractivity contribution in [3.63, 3.8) is 0 Å². The minimum absolute atomic E-state index is 0.0886. The van der Waals surface area contributed by atoms with Gasteiger partial charge in [0, 0.05) is 13.1 Å². The number of benzene rings is 1. The number of rotatable bonds is 3. The SMILES string of the molecule is Cc1ccc(CC(=O)N2CCC(C)(C(=O)O)CC2)cc1C. The van der Waals surface area contributed by atoms with E-state index < -0.39 is 11.4 Å². The number of piperidine rings is 1. The van der Waals surface area contributed by atoms with Crippen LogP contribution >= 0.6 is 0 Å². The van der Waals surface area contributed by atoms with Crippen molar-refractivity contribution < 1.29 is 14.7 Å². The second-order valence-electron chi connectivity index (χ2n) is 6.34. The van der Waals surface area contributed by atoms with Crippen LogP contribution < -0.4 is 0 Å². The molecule has 2 rings (SSSR count). The summed E-state index contributed by atoms with van der Waals surface area (Å²) in [5.41, 5.74) is 2.76. The topological polar surface area (TPSA) is 57.6 Å². The highest BCUT2D eigenvalue weighted by Gasteiger charge is 2.37. The number of hydrogen-bond acceptors (Lipinski definition) is 2. The summed E-state index contributed by atoms with van der Waals surface area (Å²) in [5, 5.41) is 9.21. The first kappa shape index (κ1) is 15.5. The fraction of sp³-hybridized carbons (Fsp3) is 0.529. The number of aliphatic carboxylic acids is 1. The maximum absolute atomic E-state index is 12.3. The molecule has 0 spiro atoms. The molecule has 1 aliphatic rings. The van der Waals surface area contributed by atoms with Crippen molar-refractivity contribution in [3.8, 4) is 0 Å². The Balaban J connectivity index is 1.96. The molecule has 0 radical (unpaired) electrons. The standard InChI is InChI=1S/C17H23NO3/c1-12-4-5-14(10-13(12)2)11-15(19)18-8-6-17(3,7-9-18)16(20)21/h4-5,10H,6-9,11H2,1-3H3,(H,20,21). The van der Waals surface area contributed by atoms with E-state index in [0.29, 0.717) is 32.4 Å². The number of carbonyl (C=O) groups is 2. The number of nitrogens with zero attached hydrogens (tertiary/aromatic N) is 1. The molecule has 0 aliphatic carbocycles. The number of carboxylic acid groups (broad SMARTS) is 1. The van der Waals surface area contributed by atoms with Gasteiger partial charge in [0.1, 0.15) is 0 Å². The summed E-state index contributed by atoms with van der Waals surface area (Å²) in [6.07, 6.45) is 1.45. The highest BCUT2D eigenvalue weighted by atomic mass is 16.4. The zero-order valence-corrected chi connectivity index (χ0v) is 13.0. The van der Waals surface area contributed by atoms with Crippen LogP contribution in [0.2, 0.25) is 0 Å². The van der Waals surface area contributed by atoms with Crippen LogP contribution in [0.1, 0.15) is 36.5 Å². The lowest BCUT2D eigenvalue weighted by molar-refractivity contribution is -0.152. The van der Waals surface area contributed by atoms with E-state index >= 15 is 0 Å². The van der Waals surface area contributed by atoms with Gasteiger partial charge in [-0.25, -0.2) is 0 Å². The van der Waals surface area contributed by atoms with Crippen molar-refractivity contribution in [3.05, 3.63) is 34.9 Å². The summed E-state index contributed by atoms with van der Waals surface area (Å²) in [5.74, 6) is -0.672. The summed E-state index contributed by atoms with van der Waals surface area (Å²) < 4.78 is 0. The molecule has 0 saturated carbocycles. The third-order valence-corrected chi connectivity index (χ3v) is 4.66. The van der Waals surface area contributed by atoms with Crippen molar-refractivity contribution in [2.24, 2.45) is 5.41 Å². The van der Waals surface area contributed by atoms with Gasteiger partial charge in [0.25, 0.3) is 0 Å². The van der Waals surface area contributed by atoms with Crippen LogP contribution in [0.15, 0.2) is 18.2 Å². The summed E-state index contributed by atoms with van der Waals surface area (Å²) >= 11 is 0. The Bertz CT molecular complexity index is 557. The summed E-state index contributed by atoms with van der Waals surface area (Å²) in [4.78, 5) is 25.3. The van der Waals surface area contributed by atoms with Gasteiger partial charge in [-0.2, -0.15) is 0 Å². The third-order valence-electron chi connectivity index (χ3n) is 4.66. The average Bonchev–Trinajstić information content (AvgIpc) is 2.43. The molecule has 0 unspecified atom stereocenters. The molecule has 1 fully saturated rings. The van der Waals surface area contributed by atoms with Crippen molar-refractivity contribution >= 4 is 11.9 Å². The molecule has 1 aromatic carbocycles. The fourth-order valence-corrected chi connectivity index (χ4v) is 2.66. The van der Waals surface area contributed by atoms with Crippen LogP contribution in [0.25, 0.3) is 0 Å². The number of hydrogen-bond donors (Lipinski definition) is 1. The van der Waals surface area contributed by atoms with Crippen molar-refractivity contribution in [1.29, 1.82) is 0 Å². The van der Waals surface area contributed by atoms with Crippen LogP contribution in [-0.4, -0.2) is 35.0 Å². The maximum atomic E-state index is 12.3. The predicted molar refractivity (Wildman–Crippen MR) is 81.2 cm³/mol. The molecule has 0 bridgehead atoms. The average molecular weight is 289 g/mol. The molecule has 1 aromatic rings. The minimum atomic E-state index is -0.760. The molecule has 21 heavy (non-hydrogen) atoms. The normalized spacial score (nSPS) is 17.6. The molecular weight excluding hydrogens is 266 g/mol. The number of aryl methyl sites for hydroxylation is 2. The van der Waals surface area contributed by atoms with Crippen molar-refractivity contribution in [2.45, 2.75) is 40.0 Å². The summed E-state index contributed by atoms with van der Waals surface area (Å²) in [6, 6.07) is 6.08. The Kier molecular flexibility index (Phi) is 4.35. The second kappa shape index (κ2) is 5.88. The van der Waals surface area contributed by atoms with Crippen LogP contribution in [0.5, 0.6) is 0 Å². The first-order valence-electron chi connectivity index (χ1n) is 7.39. The highest BCUT2D eigenvalue weighted by Crippen LogP contribution is 2.31. The molecule has 0 atom stereocenters. The molecule has 1 saturated heterocycles. The van der Waals surface area contributed by atoms with Gasteiger partial charge in [-0.05, 0) is 50.3 Å². The van der Waals surface area contributed by atoms with Crippen LogP contribution in [0.4, 0.5) is 0 Å². The first-order chi connectivity index (χ1) is 9.82. The Morgan fingerprint density at radius 1 is 1.19 bits per heavy atom. The third kappa shape index (κ3) is 3.43. The van der Waals surface area contributed by atoms with E-state index in [1.54, 1.807) is 11.8 Å². The molecule has 114 valence electrons. The van der Waals surface area contributed by atoms with E-state index in [-0.39, 0.29) is 5.91 Å². The summed E-state index contributed by atoms with van der Waals surface area (Å²) in [7, 11) is 0. The molecule has 1 heterocycles. The molecule has 1 N–H and O–H groups in total. The molecule has 1 amide bonds. The second-order valence-corrected chi connectivity index (χ2v) is 6.34. The van der Waals surface area contributed by atoms with Gasteiger partial charge in [0.15, 0.2) is 0 Å². The zero-order valence-electron chi connectivity index (χ0n) is 13.0. The number of likely N-dealkylation sites (tertiary alicyclic amines) is 1. The summed E-state index contributed by atoms with van der Waals surface area (Å²) in [6.45, 7) is 6.93. The Morgan fingerprint density at radius 3 is 2.33 bits per heavy atom. The highest BCUT2D eigenvalue weighted by molar-refractivity contribution is 5.80. The van der Waals surface area contributed by atoms with Gasteiger partial charge >= 0.3 is 5.97 Å². The van der Waals surface area contributed by atoms with Crippen LogP contribution in [0, 0.1) is 19.3 Å². The van der Waals surface area contributed by atoms with Crippen molar-refractivity contribution in [2.75, 3.05) is 13.1 Å². The smallest absolute Gasteiger partial charge is 0.309 e. The van der Waals surface area contributed by atoms with Gasteiger partial charge < -0.3 is 10.0 Å². The van der Waals surface area contributed by atoms with E-state index in [9.17, 15) is 14.7 Å². The lowest BCUT2D eigenvalue weighted by atomic mass is 9.80. The zero-order chi connectivity index (χ0) is 15.6. The lowest BCUT2D eigenvalue weighted by Gasteiger charge is -2.36. The molecule has 4 nitrogen and oxygen atoms in total. The van der Waals surface area contributed by atoms with Gasteiger partial charge in [0.2, 0.25) is 5.91 Å².